The van der Waals surface area contributed by atoms with Gasteiger partial charge in [0, 0.05) is 33.1 Å². The van der Waals surface area contributed by atoms with Gasteiger partial charge in [0.1, 0.15) is 12.4 Å². The number of fused-ring (bicyclic) bond motifs is 1. The number of aromatic nitrogens is 2. The first kappa shape index (κ1) is 25.4. The molecule has 0 fully saturated rings. The Morgan fingerprint density at radius 1 is 1.09 bits per heavy atom. The highest BCUT2D eigenvalue weighted by molar-refractivity contribution is 5.90. The topological polar surface area (TPSA) is 160 Å². The summed E-state index contributed by atoms with van der Waals surface area (Å²) in [6.45, 7) is 0. The van der Waals surface area contributed by atoms with Crippen LogP contribution in [0.25, 0.3) is 10.8 Å². The Hall–Kier alpha value is -4.25. The zero-order valence-corrected chi connectivity index (χ0v) is 19.5. The molecule has 0 spiro atoms. The minimum atomic E-state index is -1.31. The predicted octanol–water partition coefficient (Wildman–Crippen LogP) is 0.917. The molecule has 1 aromatic heterocycles. The van der Waals surface area contributed by atoms with Gasteiger partial charge in [-0.05, 0) is 22.8 Å². The average Bonchev–Trinajstić information content (AvgIpc) is 3.31. The normalized spacial score (nSPS) is 12.5. The molecule has 0 aliphatic rings. The van der Waals surface area contributed by atoms with Crippen molar-refractivity contribution in [1.82, 2.24) is 25.2 Å². The summed E-state index contributed by atoms with van der Waals surface area (Å²) in [5.74, 6) is 2.23. The lowest BCUT2D eigenvalue weighted by molar-refractivity contribution is -0.142. The molecule has 184 valence electrons. The maximum atomic E-state index is 13.3. The van der Waals surface area contributed by atoms with Gasteiger partial charge in [-0.15, -0.1) is 0 Å². The fourth-order valence-corrected chi connectivity index (χ4v) is 3.74. The Bertz CT molecular complexity index is 1230. The van der Waals surface area contributed by atoms with Crippen LogP contribution in [0.4, 0.5) is 4.79 Å². The van der Waals surface area contributed by atoms with Gasteiger partial charge < -0.3 is 15.3 Å². The molecule has 0 aliphatic carbocycles. The highest BCUT2D eigenvalue weighted by Gasteiger charge is 2.29. The van der Waals surface area contributed by atoms with E-state index in [4.69, 9.17) is 5.84 Å². The average molecular weight is 481 g/mol. The molecule has 0 saturated heterocycles. The number of aliphatic carboxylic acids is 1. The van der Waals surface area contributed by atoms with Crippen molar-refractivity contribution in [2.45, 2.75) is 25.3 Å². The van der Waals surface area contributed by atoms with Crippen molar-refractivity contribution in [2.75, 3.05) is 14.1 Å². The molecule has 0 aliphatic heterocycles. The zero-order valence-electron chi connectivity index (χ0n) is 19.5. The fourth-order valence-electron chi connectivity index (χ4n) is 3.74. The predicted molar refractivity (Wildman–Crippen MR) is 128 cm³/mol. The quantitative estimate of drug-likeness (QED) is 0.201. The maximum Gasteiger partial charge on any atom is 0.340 e. The molecular weight excluding hydrogens is 452 g/mol. The lowest BCUT2D eigenvalue weighted by Gasteiger charge is -2.22. The summed E-state index contributed by atoms with van der Waals surface area (Å²) in [6.07, 6.45) is 2.53. The van der Waals surface area contributed by atoms with E-state index in [2.05, 4.69) is 10.3 Å². The van der Waals surface area contributed by atoms with E-state index in [1.165, 1.54) is 17.4 Å². The van der Waals surface area contributed by atoms with Gasteiger partial charge >= 0.3 is 12.0 Å². The highest BCUT2D eigenvalue weighted by atomic mass is 16.4. The van der Waals surface area contributed by atoms with Gasteiger partial charge in [0.05, 0.1) is 11.6 Å². The van der Waals surface area contributed by atoms with Gasteiger partial charge in [-0.1, -0.05) is 42.5 Å². The van der Waals surface area contributed by atoms with Crippen LogP contribution in [0, 0.1) is 5.92 Å². The largest absolute Gasteiger partial charge is 0.480 e. The summed E-state index contributed by atoms with van der Waals surface area (Å²) in [4.78, 5) is 54.6. The molecule has 1 heterocycles. The molecule has 11 heteroatoms. The number of amides is 3. The lowest BCUT2D eigenvalue weighted by Crippen LogP contribution is -2.46. The second-order valence-corrected chi connectivity index (χ2v) is 8.36. The van der Waals surface area contributed by atoms with Crippen LogP contribution in [-0.2, 0) is 27.2 Å². The van der Waals surface area contributed by atoms with Crippen LogP contribution in [-0.4, -0.2) is 63.5 Å². The number of hydrogen-bond donors (Lipinski definition) is 4. The van der Waals surface area contributed by atoms with E-state index in [0.717, 1.165) is 20.9 Å². The third kappa shape index (κ3) is 6.42. The van der Waals surface area contributed by atoms with Crippen molar-refractivity contribution >= 4 is 34.6 Å². The van der Waals surface area contributed by atoms with E-state index in [-0.39, 0.29) is 30.9 Å². The molecular formula is C24H28N6O5. The number of nitrogens with one attached hydrogen (secondary N) is 2. The monoisotopic (exact) mass is 480 g/mol. The Morgan fingerprint density at radius 2 is 1.80 bits per heavy atom. The Labute approximate surface area is 201 Å². The lowest BCUT2D eigenvalue weighted by atomic mass is 9.91. The molecule has 2 aromatic carbocycles. The molecule has 2 atom stereocenters. The number of nitrogens with two attached hydrogens (primary N) is 1. The number of carbonyl (C=O) groups excluding carboxylic acids is 3. The number of nitrogen functional groups attached to an aromatic ring is 1. The van der Waals surface area contributed by atoms with Crippen molar-refractivity contribution < 1.29 is 24.3 Å². The van der Waals surface area contributed by atoms with Crippen molar-refractivity contribution in [2.24, 2.45) is 11.8 Å². The molecule has 11 nitrogen and oxygen atoms in total. The van der Waals surface area contributed by atoms with Gasteiger partial charge in [0.15, 0.2) is 0 Å². The molecule has 3 amide bonds. The number of carboxylic acid groups (broad SMARTS) is 1. The van der Waals surface area contributed by atoms with Crippen LogP contribution in [0.5, 0.6) is 0 Å². The van der Waals surface area contributed by atoms with E-state index in [1.807, 2.05) is 47.9 Å². The molecule has 3 aromatic rings. The van der Waals surface area contributed by atoms with Crippen molar-refractivity contribution in [3.63, 3.8) is 0 Å². The van der Waals surface area contributed by atoms with Crippen molar-refractivity contribution in [3.05, 3.63) is 66.2 Å². The summed E-state index contributed by atoms with van der Waals surface area (Å²) in [5.41, 5.74) is 3.10. The SMILES string of the molecule is CN(C)C(=O)CC(Cc1cccc2ccccc12)C(=O)N[C@@H](Cc1cn(C(=O)NN)cn1)C(=O)O. The van der Waals surface area contributed by atoms with Crippen LogP contribution in [0.2, 0.25) is 0 Å². The molecule has 0 saturated carbocycles. The summed E-state index contributed by atoms with van der Waals surface area (Å²) in [6, 6.07) is 11.5. The van der Waals surface area contributed by atoms with Gasteiger partial charge in [-0.3, -0.25) is 19.6 Å². The maximum absolute atomic E-state index is 13.3. The van der Waals surface area contributed by atoms with Gasteiger partial charge in [0.25, 0.3) is 0 Å². The van der Waals surface area contributed by atoms with E-state index in [1.54, 1.807) is 14.1 Å². The number of hydrazine groups is 1. The molecule has 35 heavy (non-hydrogen) atoms. The Morgan fingerprint density at radius 3 is 2.49 bits per heavy atom. The van der Waals surface area contributed by atoms with E-state index in [0.29, 0.717) is 0 Å². The van der Waals surface area contributed by atoms with Crippen LogP contribution >= 0.6 is 0 Å². The number of imidazole rings is 1. The summed E-state index contributed by atoms with van der Waals surface area (Å²) in [5, 5.41) is 14.2. The number of benzene rings is 2. The summed E-state index contributed by atoms with van der Waals surface area (Å²) >= 11 is 0. The van der Waals surface area contributed by atoms with Gasteiger partial charge in [-0.25, -0.2) is 20.4 Å². The van der Waals surface area contributed by atoms with Crippen LogP contribution in [0.15, 0.2) is 55.0 Å². The first-order valence-corrected chi connectivity index (χ1v) is 10.9. The highest BCUT2D eigenvalue weighted by Crippen LogP contribution is 2.23. The first-order chi connectivity index (χ1) is 16.7. The summed E-state index contributed by atoms with van der Waals surface area (Å²) in [7, 11) is 3.20. The van der Waals surface area contributed by atoms with Gasteiger partial charge in [-0.2, -0.15) is 0 Å². The minimum absolute atomic E-state index is 0.0836. The number of carboxylic acids is 1. The number of nitrogens with zero attached hydrogens (tertiary/aromatic N) is 3. The Kier molecular flexibility index (Phi) is 8.16. The minimum Gasteiger partial charge on any atom is -0.480 e. The standard InChI is InChI=1S/C24H28N6O5/c1-29(2)21(31)11-17(10-16-8-5-7-15-6-3-4-9-19(15)16)22(32)27-20(23(33)34)12-18-13-30(14-26-18)24(35)28-25/h3-9,13-14,17,20H,10-12,25H2,1-2H3,(H,27,32)(H,28,35)(H,33,34)/t17?,20-/m0/s1. The number of rotatable bonds is 9. The first-order valence-electron chi connectivity index (χ1n) is 10.9. The molecule has 0 bridgehead atoms. The van der Waals surface area contributed by atoms with E-state index < -0.39 is 29.9 Å². The smallest absolute Gasteiger partial charge is 0.340 e. The number of hydrogen-bond acceptors (Lipinski definition) is 6. The van der Waals surface area contributed by atoms with Crippen LogP contribution in [0.1, 0.15) is 17.7 Å². The zero-order chi connectivity index (χ0) is 25.5. The molecule has 1 unspecified atom stereocenters. The van der Waals surface area contributed by atoms with Crippen LogP contribution < -0.4 is 16.6 Å². The molecule has 0 radical (unpaired) electrons. The van der Waals surface area contributed by atoms with Crippen molar-refractivity contribution in [1.29, 1.82) is 0 Å². The summed E-state index contributed by atoms with van der Waals surface area (Å²) < 4.78 is 1.06. The third-order valence-electron chi connectivity index (χ3n) is 5.66. The second kappa shape index (κ2) is 11.3. The van der Waals surface area contributed by atoms with Gasteiger partial charge in [0.2, 0.25) is 11.8 Å². The molecule has 3 rings (SSSR count). The third-order valence-corrected chi connectivity index (χ3v) is 5.66. The second-order valence-electron chi connectivity index (χ2n) is 8.36. The van der Waals surface area contributed by atoms with E-state index >= 15 is 0 Å². The number of carbonyl (C=O) groups is 4. The Balaban J connectivity index is 1.82. The van der Waals surface area contributed by atoms with E-state index in [9.17, 15) is 24.3 Å². The van der Waals surface area contributed by atoms with Crippen molar-refractivity contribution in [3.8, 4) is 0 Å². The fraction of sp³-hybridized carbons (Fsp3) is 0.292. The molecule has 5 N–H and O–H groups in total. The van der Waals surface area contributed by atoms with Crippen LogP contribution in [0.3, 0.4) is 0 Å².